The minimum atomic E-state index is -0.326. The topological polar surface area (TPSA) is 41.1 Å². The van der Waals surface area contributed by atoms with Gasteiger partial charge >= 0.3 is 0 Å². The lowest BCUT2D eigenvalue weighted by Gasteiger charge is -2.26. The van der Waals surface area contributed by atoms with Gasteiger partial charge in [-0.1, -0.05) is 43.0 Å². The standard InChI is InChI=1S/C20H26N2OS/c1-14-10-11-17(15(2)13-14)22-19(18-9-6-12-24-18)20(23)21-16-7-4-3-5-8-16/h6,9-13,16,19,22H,3-5,7-8H2,1-2H3,(H,21,23). The number of hydrogen-bond acceptors (Lipinski definition) is 3. The van der Waals surface area contributed by atoms with Crippen LogP contribution >= 0.6 is 11.3 Å². The third kappa shape index (κ3) is 4.18. The fourth-order valence-corrected chi connectivity index (χ4v) is 4.16. The lowest BCUT2D eigenvalue weighted by atomic mass is 9.95. The van der Waals surface area contributed by atoms with Gasteiger partial charge in [0, 0.05) is 16.6 Å². The number of rotatable bonds is 5. The summed E-state index contributed by atoms with van der Waals surface area (Å²) in [5, 5.41) is 8.76. The van der Waals surface area contributed by atoms with Gasteiger partial charge in [-0.2, -0.15) is 0 Å². The molecule has 1 atom stereocenters. The number of anilines is 1. The molecule has 128 valence electrons. The van der Waals surface area contributed by atoms with E-state index < -0.39 is 0 Å². The van der Waals surface area contributed by atoms with Crippen LogP contribution in [0.15, 0.2) is 35.7 Å². The Bertz CT molecular complexity index is 675. The highest BCUT2D eigenvalue weighted by Gasteiger charge is 2.25. The van der Waals surface area contributed by atoms with Crippen LogP contribution in [0.25, 0.3) is 0 Å². The molecule has 2 N–H and O–H groups in total. The first-order valence-corrected chi connectivity index (χ1v) is 9.69. The maximum atomic E-state index is 12.9. The highest BCUT2D eigenvalue weighted by atomic mass is 32.1. The summed E-state index contributed by atoms with van der Waals surface area (Å²) in [6.07, 6.45) is 5.94. The van der Waals surface area contributed by atoms with Gasteiger partial charge in [0.15, 0.2) is 0 Å². The first-order valence-electron chi connectivity index (χ1n) is 8.81. The second-order valence-corrected chi connectivity index (χ2v) is 7.73. The van der Waals surface area contributed by atoms with Gasteiger partial charge in [-0.25, -0.2) is 0 Å². The van der Waals surface area contributed by atoms with Crippen LogP contribution in [-0.2, 0) is 4.79 Å². The van der Waals surface area contributed by atoms with E-state index in [1.807, 2.05) is 17.5 Å². The minimum Gasteiger partial charge on any atom is -0.369 e. The smallest absolute Gasteiger partial charge is 0.248 e. The van der Waals surface area contributed by atoms with E-state index in [-0.39, 0.29) is 11.9 Å². The Hall–Kier alpha value is -1.81. The van der Waals surface area contributed by atoms with Crippen molar-refractivity contribution in [2.24, 2.45) is 0 Å². The van der Waals surface area contributed by atoms with Gasteiger partial charge < -0.3 is 10.6 Å². The van der Waals surface area contributed by atoms with E-state index >= 15 is 0 Å². The number of carbonyl (C=O) groups excluding carboxylic acids is 1. The molecule has 1 aromatic heterocycles. The van der Waals surface area contributed by atoms with E-state index in [2.05, 4.69) is 42.7 Å². The van der Waals surface area contributed by atoms with Crippen molar-refractivity contribution in [2.75, 3.05) is 5.32 Å². The third-order valence-corrected chi connectivity index (χ3v) is 5.66. The Morgan fingerprint density at radius 3 is 2.62 bits per heavy atom. The van der Waals surface area contributed by atoms with Crippen molar-refractivity contribution in [1.82, 2.24) is 5.32 Å². The van der Waals surface area contributed by atoms with E-state index in [0.717, 1.165) is 23.4 Å². The number of benzene rings is 1. The predicted molar refractivity (Wildman–Crippen MR) is 102 cm³/mol. The minimum absolute atomic E-state index is 0.0873. The molecule has 1 amide bonds. The van der Waals surface area contributed by atoms with Crippen molar-refractivity contribution < 1.29 is 4.79 Å². The zero-order valence-electron chi connectivity index (χ0n) is 14.5. The van der Waals surface area contributed by atoms with Crippen molar-refractivity contribution >= 4 is 22.9 Å². The Balaban J connectivity index is 1.77. The quantitative estimate of drug-likeness (QED) is 0.806. The molecule has 1 aliphatic rings. The number of aryl methyl sites for hydroxylation is 2. The van der Waals surface area contributed by atoms with Crippen LogP contribution in [0.1, 0.15) is 54.1 Å². The highest BCUT2D eigenvalue weighted by Crippen LogP contribution is 2.27. The Morgan fingerprint density at radius 1 is 1.17 bits per heavy atom. The van der Waals surface area contributed by atoms with E-state index in [0.29, 0.717) is 6.04 Å². The fourth-order valence-electron chi connectivity index (χ4n) is 3.38. The van der Waals surface area contributed by atoms with Crippen LogP contribution in [0, 0.1) is 13.8 Å². The van der Waals surface area contributed by atoms with Crippen molar-refractivity contribution in [2.45, 2.75) is 58.0 Å². The molecule has 24 heavy (non-hydrogen) atoms. The summed E-state index contributed by atoms with van der Waals surface area (Å²) >= 11 is 1.63. The van der Waals surface area contributed by atoms with Crippen molar-refractivity contribution in [1.29, 1.82) is 0 Å². The van der Waals surface area contributed by atoms with Crippen LogP contribution < -0.4 is 10.6 Å². The third-order valence-electron chi connectivity index (χ3n) is 4.72. The summed E-state index contributed by atoms with van der Waals surface area (Å²) in [7, 11) is 0. The largest absolute Gasteiger partial charge is 0.369 e. The van der Waals surface area contributed by atoms with Crippen molar-refractivity contribution in [3.63, 3.8) is 0 Å². The average molecular weight is 343 g/mol. The molecule has 0 bridgehead atoms. The van der Waals surface area contributed by atoms with E-state index in [1.165, 1.54) is 30.4 Å². The van der Waals surface area contributed by atoms with E-state index in [4.69, 9.17) is 0 Å². The molecule has 1 saturated carbocycles. The summed E-state index contributed by atoms with van der Waals surface area (Å²) in [6.45, 7) is 4.17. The molecule has 0 spiro atoms. The molecule has 0 saturated heterocycles. The molecular weight excluding hydrogens is 316 g/mol. The highest BCUT2D eigenvalue weighted by molar-refractivity contribution is 7.10. The van der Waals surface area contributed by atoms with Gasteiger partial charge in [0.25, 0.3) is 0 Å². The van der Waals surface area contributed by atoms with Crippen LogP contribution in [0.5, 0.6) is 0 Å². The SMILES string of the molecule is Cc1ccc(NC(C(=O)NC2CCCCC2)c2cccs2)c(C)c1. The second kappa shape index (κ2) is 7.84. The average Bonchev–Trinajstić information content (AvgIpc) is 3.09. The molecule has 3 rings (SSSR count). The molecule has 1 unspecified atom stereocenters. The monoisotopic (exact) mass is 342 g/mol. The Morgan fingerprint density at radius 2 is 1.96 bits per heavy atom. The number of hydrogen-bond donors (Lipinski definition) is 2. The van der Waals surface area contributed by atoms with Crippen LogP contribution in [-0.4, -0.2) is 11.9 Å². The van der Waals surface area contributed by atoms with Gasteiger partial charge in [0.05, 0.1) is 0 Å². The van der Waals surface area contributed by atoms with Crippen LogP contribution in [0.2, 0.25) is 0 Å². The normalized spacial score (nSPS) is 16.6. The first-order chi connectivity index (χ1) is 11.6. The zero-order valence-corrected chi connectivity index (χ0v) is 15.3. The molecule has 0 radical (unpaired) electrons. The molecule has 1 aromatic carbocycles. The molecule has 1 heterocycles. The second-order valence-electron chi connectivity index (χ2n) is 6.75. The van der Waals surface area contributed by atoms with E-state index in [9.17, 15) is 4.79 Å². The lowest BCUT2D eigenvalue weighted by Crippen LogP contribution is -2.41. The predicted octanol–water partition coefficient (Wildman–Crippen LogP) is 4.97. The Labute approximate surface area is 148 Å². The maximum Gasteiger partial charge on any atom is 0.248 e. The molecule has 0 aliphatic heterocycles. The number of carbonyl (C=O) groups is 1. The fraction of sp³-hybridized carbons (Fsp3) is 0.450. The van der Waals surface area contributed by atoms with Gasteiger partial charge in [-0.3, -0.25) is 4.79 Å². The lowest BCUT2D eigenvalue weighted by molar-refractivity contribution is -0.122. The maximum absolute atomic E-state index is 12.9. The zero-order chi connectivity index (χ0) is 16.9. The molecular formula is C20H26N2OS. The number of thiophene rings is 1. The van der Waals surface area contributed by atoms with Crippen LogP contribution in [0.4, 0.5) is 5.69 Å². The summed E-state index contributed by atoms with van der Waals surface area (Å²) in [5.41, 5.74) is 3.43. The van der Waals surface area contributed by atoms with E-state index in [1.54, 1.807) is 11.3 Å². The molecule has 2 aromatic rings. The van der Waals surface area contributed by atoms with Gasteiger partial charge in [0.1, 0.15) is 6.04 Å². The summed E-state index contributed by atoms with van der Waals surface area (Å²) in [4.78, 5) is 14.0. The molecule has 3 nitrogen and oxygen atoms in total. The summed E-state index contributed by atoms with van der Waals surface area (Å²) in [5.74, 6) is 0.0873. The van der Waals surface area contributed by atoms with Crippen molar-refractivity contribution in [3.8, 4) is 0 Å². The first kappa shape index (κ1) is 17.0. The van der Waals surface area contributed by atoms with Gasteiger partial charge in [-0.15, -0.1) is 11.3 Å². The number of nitrogens with one attached hydrogen (secondary N) is 2. The molecule has 1 fully saturated rings. The summed E-state index contributed by atoms with van der Waals surface area (Å²) < 4.78 is 0. The Kier molecular flexibility index (Phi) is 5.56. The van der Waals surface area contributed by atoms with Gasteiger partial charge in [0.2, 0.25) is 5.91 Å². The molecule has 4 heteroatoms. The number of amides is 1. The van der Waals surface area contributed by atoms with Gasteiger partial charge in [-0.05, 0) is 49.8 Å². The van der Waals surface area contributed by atoms with Crippen LogP contribution in [0.3, 0.4) is 0 Å². The molecule has 1 aliphatic carbocycles. The summed E-state index contributed by atoms with van der Waals surface area (Å²) in [6, 6.07) is 10.3. The van der Waals surface area contributed by atoms with Crippen molar-refractivity contribution in [3.05, 3.63) is 51.7 Å².